The Morgan fingerprint density at radius 3 is 2.17 bits per heavy atom. The van der Waals surface area contributed by atoms with Gasteiger partial charge in [0.1, 0.15) is 0 Å². The molecule has 0 spiro atoms. The first kappa shape index (κ1) is 21.9. The van der Waals surface area contributed by atoms with Crippen LogP contribution in [0.1, 0.15) is 62.9 Å². The molecule has 172 valence electrons. The molecule has 0 bridgehead atoms. The highest BCUT2D eigenvalue weighted by Crippen LogP contribution is 2.30. The number of anilines is 1. The van der Waals surface area contributed by atoms with E-state index in [2.05, 4.69) is 5.32 Å². The molecular formula is C26H16N2O7. The molecule has 1 aliphatic heterocycles. The van der Waals surface area contributed by atoms with Crippen molar-refractivity contribution in [1.82, 2.24) is 4.90 Å². The lowest BCUT2D eigenvalue weighted by atomic mass is 9.82. The van der Waals surface area contributed by atoms with Gasteiger partial charge in [-0.1, -0.05) is 36.4 Å². The average Bonchev–Trinajstić information content (AvgIpc) is 3.08. The molecule has 9 nitrogen and oxygen atoms in total. The van der Waals surface area contributed by atoms with Gasteiger partial charge < -0.3 is 10.1 Å². The molecule has 0 radical (unpaired) electrons. The second-order valence-corrected chi connectivity index (χ2v) is 7.99. The smallest absolute Gasteiger partial charge is 0.339 e. The van der Waals surface area contributed by atoms with Crippen molar-refractivity contribution < 1.29 is 33.5 Å². The summed E-state index contributed by atoms with van der Waals surface area (Å²) in [5.41, 5.74) is 1.00. The molecule has 0 saturated heterocycles. The Balaban J connectivity index is 1.31. The summed E-state index contributed by atoms with van der Waals surface area (Å²) in [6.07, 6.45) is 0. The van der Waals surface area contributed by atoms with Gasteiger partial charge in [0.25, 0.3) is 17.7 Å². The molecule has 0 saturated carbocycles. The first-order chi connectivity index (χ1) is 16.8. The number of hydrogen-bond donors (Lipinski definition) is 1. The predicted octanol–water partition coefficient (Wildman–Crippen LogP) is 2.48. The van der Waals surface area contributed by atoms with E-state index < -0.39 is 36.1 Å². The molecule has 3 amide bonds. The summed E-state index contributed by atoms with van der Waals surface area (Å²) in [6, 6.07) is 14.9. The van der Waals surface area contributed by atoms with Gasteiger partial charge in [-0.15, -0.1) is 0 Å². The third kappa shape index (κ3) is 3.50. The van der Waals surface area contributed by atoms with Gasteiger partial charge in [-0.2, -0.15) is 0 Å². The molecule has 9 heteroatoms. The molecule has 3 aromatic rings. The lowest BCUT2D eigenvalue weighted by Gasteiger charge is -2.19. The van der Waals surface area contributed by atoms with Crippen LogP contribution in [0.3, 0.4) is 0 Å². The van der Waals surface area contributed by atoms with E-state index in [-0.39, 0.29) is 50.4 Å². The van der Waals surface area contributed by atoms with Crippen LogP contribution >= 0.6 is 0 Å². The number of ether oxygens (including phenoxy) is 1. The normalized spacial score (nSPS) is 13.8. The maximum Gasteiger partial charge on any atom is 0.339 e. The monoisotopic (exact) mass is 468 g/mol. The van der Waals surface area contributed by atoms with Crippen LogP contribution < -0.4 is 5.32 Å². The SMILES string of the molecule is CN1C(=O)c2ccc(NC(=O)COC(=O)c3cccc4c3C(=O)c3ccccc3C4=O)cc2C1=O. The molecule has 1 aliphatic carbocycles. The van der Waals surface area contributed by atoms with Crippen LogP contribution in [0.5, 0.6) is 0 Å². The van der Waals surface area contributed by atoms with Gasteiger partial charge in [-0.05, 0) is 24.3 Å². The minimum atomic E-state index is -0.936. The van der Waals surface area contributed by atoms with Gasteiger partial charge in [0.2, 0.25) is 0 Å². The van der Waals surface area contributed by atoms with Gasteiger partial charge >= 0.3 is 5.97 Å². The average molecular weight is 468 g/mol. The molecule has 3 aromatic carbocycles. The van der Waals surface area contributed by atoms with Crippen LogP contribution in [-0.4, -0.2) is 53.8 Å². The molecule has 0 atom stereocenters. The minimum absolute atomic E-state index is 0.0625. The van der Waals surface area contributed by atoms with Crippen LogP contribution in [0.15, 0.2) is 60.7 Å². The molecular weight excluding hydrogens is 452 g/mol. The van der Waals surface area contributed by atoms with E-state index >= 15 is 0 Å². The van der Waals surface area contributed by atoms with Crippen molar-refractivity contribution in [2.75, 3.05) is 19.0 Å². The number of carbonyl (C=O) groups is 6. The molecule has 0 aromatic heterocycles. The highest BCUT2D eigenvalue weighted by atomic mass is 16.5. The van der Waals surface area contributed by atoms with E-state index in [0.717, 1.165) is 4.90 Å². The number of imide groups is 1. The van der Waals surface area contributed by atoms with Crippen molar-refractivity contribution in [3.8, 4) is 0 Å². The first-order valence-electron chi connectivity index (χ1n) is 10.5. The summed E-state index contributed by atoms with van der Waals surface area (Å²) in [7, 11) is 1.36. The number of fused-ring (bicyclic) bond motifs is 3. The Morgan fingerprint density at radius 1 is 0.771 bits per heavy atom. The van der Waals surface area contributed by atoms with E-state index in [1.165, 1.54) is 49.5 Å². The lowest BCUT2D eigenvalue weighted by molar-refractivity contribution is -0.119. The summed E-state index contributed by atoms with van der Waals surface area (Å²) in [4.78, 5) is 76.1. The molecule has 2 aliphatic rings. The van der Waals surface area contributed by atoms with Crippen LogP contribution in [0, 0.1) is 0 Å². The van der Waals surface area contributed by atoms with E-state index in [1.807, 2.05) is 0 Å². The largest absolute Gasteiger partial charge is 0.452 e. The van der Waals surface area contributed by atoms with E-state index in [9.17, 15) is 28.8 Å². The number of nitrogens with one attached hydrogen (secondary N) is 1. The standard InChI is InChI=1S/C26H16N2O7/c1-28-24(32)16-10-9-13(11-19(16)25(28)33)27-20(29)12-35-26(34)18-8-4-7-17-21(18)23(31)15-6-3-2-5-14(15)22(17)30/h2-11H,12H2,1H3,(H,27,29). The third-order valence-corrected chi connectivity index (χ3v) is 5.88. The minimum Gasteiger partial charge on any atom is -0.452 e. The van der Waals surface area contributed by atoms with Crippen LogP contribution in [0.25, 0.3) is 0 Å². The molecule has 1 N–H and O–H groups in total. The summed E-state index contributed by atoms with van der Waals surface area (Å²) in [5.74, 6) is -3.40. The number of esters is 1. The number of ketones is 2. The van der Waals surface area contributed by atoms with Crippen molar-refractivity contribution in [3.63, 3.8) is 0 Å². The Labute approximate surface area is 198 Å². The second kappa shape index (κ2) is 8.14. The Morgan fingerprint density at radius 2 is 1.43 bits per heavy atom. The Bertz CT molecular complexity index is 1510. The number of nitrogens with zero attached hydrogens (tertiary/aromatic N) is 1. The zero-order chi connectivity index (χ0) is 24.9. The predicted molar refractivity (Wildman–Crippen MR) is 122 cm³/mol. The first-order valence-corrected chi connectivity index (χ1v) is 10.5. The molecule has 5 rings (SSSR count). The fourth-order valence-corrected chi connectivity index (χ4v) is 4.16. The second-order valence-electron chi connectivity index (χ2n) is 7.99. The van der Waals surface area contributed by atoms with Crippen LogP contribution in [0.2, 0.25) is 0 Å². The number of hydrogen-bond acceptors (Lipinski definition) is 7. The zero-order valence-corrected chi connectivity index (χ0v) is 18.3. The summed E-state index contributed by atoms with van der Waals surface area (Å²) >= 11 is 0. The highest BCUT2D eigenvalue weighted by Gasteiger charge is 2.34. The van der Waals surface area contributed by atoms with Gasteiger partial charge in [0.15, 0.2) is 18.2 Å². The summed E-state index contributed by atoms with van der Waals surface area (Å²) in [5, 5.41) is 2.50. The van der Waals surface area contributed by atoms with Crippen molar-refractivity contribution in [1.29, 1.82) is 0 Å². The van der Waals surface area contributed by atoms with Gasteiger partial charge in [0, 0.05) is 35.0 Å². The molecule has 0 fully saturated rings. The van der Waals surface area contributed by atoms with Crippen molar-refractivity contribution in [3.05, 3.63) is 99.6 Å². The highest BCUT2D eigenvalue weighted by molar-refractivity contribution is 6.30. The third-order valence-electron chi connectivity index (χ3n) is 5.88. The number of rotatable bonds is 4. The van der Waals surface area contributed by atoms with Crippen molar-refractivity contribution >= 4 is 40.9 Å². The quantitative estimate of drug-likeness (QED) is 0.360. The van der Waals surface area contributed by atoms with Gasteiger partial charge in [0.05, 0.1) is 16.7 Å². The summed E-state index contributed by atoms with van der Waals surface area (Å²) in [6.45, 7) is -0.676. The maximum atomic E-state index is 13.0. The maximum absolute atomic E-state index is 13.0. The van der Waals surface area contributed by atoms with E-state index in [1.54, 1.807) is 18.2 Å². The van der Waals surface area contributed by atoms with Gasteiger partial charge in [-0.3, -0.25) is 28.9 Å². The zero-order valence-electron chi connectivity index (χ0n) is 18.3. The van der Waals surface area contributed by atoms with Gasteiger partial charge in [-0.25, -0.2) is 4.79 Å². The Kier molecular flexibility index (Phi) is 5.09. The van der Waals surface area contributed by atoms with E-state index in [4.69, 9.17) is 4.74 Å². The lowest BCUT2D eigenvalue weighted by Crippen LogP contribution is -2.26. The fourth-order valence-electron chi connectivity index (χ4n) is 4.16. The molecule has 35 heavy (non-hydrogen) atoms. The fraction of sp³-hybridized carbons (Fsp3) is 0.0769. The van der Waals surface area contributed by atoms with Crippen molar-refractivity contribution in [2.24, 2.45) is 0 Å². The number of carbonyl (C=O) groups excluding carboxylic acids is 6. The molecule has 0 unspecified atom stereocenters. The number of benzene rings is 3. The van der Waals surface area contributed by atoms with E-state index in [0.29, 0.717) is 0 Å². The van der Waals surface area contributed by atoms with Crippen LogP contribution in [-0.2, 0) is 9.53 Å². The summed E-state index contributed by atoms with van der Waals surface area (Å²) < 4.78 is 5.10. The Hall–Kier alpha value is -4.92. The van der Waals surface area contributed by atoms with Crippen molar-refractivity contribution in [2.45, 2.75) is 0 Å². The van der Waals surface area contributed by atoms with Crippen LogP contribution in [0.4, 0.5) is 5.69 Å². The number of amides is 3. The topological polar surface area (TPSA) is 127 Å². The molecule has 1 heterocycles.